The van der Waals surface area contributed by atoms with Crippen LogP contribution in [0.25, 0.3) is 11.0 Å². The van der Waals surface area contributed by atoms with Crippen LogP contribution in [0, 0.1) is 0 Å². The van der Waals surface area contributed by atoms with Crippen molar-refractivity contribution < 1.29 is 8.76 Å². The van der Waals surface area contributed by atoms with Gasteiger partial charge in [-0.25, -0.2) is 9.66 Å². The third-order valence-corrected chi connectivity index (χ3v) is 1.97. The van der Waals surface area contributed by atoms with Gasteiger partial charge in [-0.15, -0.1) is 0 Å². The number of para-hydroxylation sites is 2. The van der Waals surface area contributed by atoms with Crippen molar-refractivity contribution in [3.63, 3.8) is 0 Å². The molecular weight excluding hydrogens is 190 g/mol. The van der Waals surface area contributed by atoms with E-state index in [1.165, 1.54) is 11.0 Å². The van der Waals surface area contributed by atoms with Crippen molar-refractivity contribution >= 4 is 22.3 Å². The van der Waals surface area contributed by atoms with E-state index in [-0.39, 0.29) is 0 Å². The first kappa shape index (κ1) is 8.21. The van der Waals surface area contributed by atoms with Gasteiger partial charge >= 0.3 is 0 Å². The number of nitrogens with zero attached hydrogens (tertiary/aromatic N) is 2. The molecule has 1 N–H and O–H groups in total. The SMILES string of the molecule is O=S([O-])Nn1cnc2ccccc21. The average molecular weight is 196 g/mol. The van der Waals surface area contributed by atoms with E-state index in [9.17, 15) is 8.76 Å². The quantitative estimate of drug-likeness (QED) is 0.705. The Morgan fingerprint density at radius 3 is 3.00 bits per heavy atom. The highest BCUT2D eigenvalue weighted by Gasteiger charge is 1.98. The van der Waals surface area contributed by atoms with Crippen molar-refractivity contribution in [1.29, 1.82) is 0 Å². The standard InChI is InChI=1S/C7H7N3O2S/c11-13(12)9-10-5-8-6-3-1-2-4-7(6)10/h1-5,9H,(H,11,12)/p-1. The average Bonchev–Trinajstić information content (AvgIpc) is 2.48. The van der Waals surface area contributed by atoms with Crippen LogP contribution < -0.4 is 4.83 Å². The number of rotatable bonds is 2. The summed E-state index contributed by atoms with van der Waals surface area (Å²) in [6.45, 7) is 0. The minimum atomic E-state index is -2.33. The molecule has 13 heavy (non-hydrogen) atoms. The second-order valence-electron chi connectivity index (χ2n) is 2.43. The van der Waals surface area contributed by atoms with E-state index in [4.69, 9.17) is 0 Å². The topological polar surface area (TPSA) is 70.0 Å². The van der Waals surface area contributed by atoms with Gasteiger partial charge < -0.3 is 4.55 Å². The molecule has 0 bridgehead atoms. The van der Waals surface area contributed by atoms with Crippen LogP contribution in [0.1, 0.15) is 0 Å². The van der Waals surface area contributed by atoms with Gasteiger partial charge in [0.05, 0.1) is 22.3 Å². The van der Waals surface area contributed by atoms with Crippen molar-refractivity contribution in [2.75, 3.05) is 4.83 Å². The first-order chi connectivity index (χ1) is 6.27. The highest BCUT2D eigenvalue weighted by atomic mass is 32.2. The van der Waals surface area contributed by atoms with E-state index < -0.39 is 11.3 Å². The van der Waals surface area contributed by atoms with Crippen molar-refractivity contribution in [3.05, 3.63) is 30.6 Å². The van der Waals surface area contributed by atoms with E-state index >= 15 is 0 Å². The third-order valence-electron chi connectivity index (χ3n) is 1.63. The molecular formula is C7H6N3O2S-. The fourth-order valence-electron chi connectivity index (χ4n) is 1.11. The lowest BCUT2D eigenvalue weighted by atomic mass is 10.3. The summed E-state index contributed by atoms with van der Waals surface area (Å²) in [5.41, 5.74) is 1.48. The van der Waals surface area contributed by atoms with Crippen LogP contribution in [0.3, 0.4) is 0 Å². The van der Waals surface area contributed by atoms with Crippen LogP contribution in [-0.4, -0.2) is 18.4 Å². The van der Waals surface area contributed by atoms with E-state index in [0.29, 0.717) is 0 Å². The van der Waals surface area contributed by atoms with Crippen molar-refractivity contribution in [2.45, 2.75) is 0 Å². The number of aromatic nitrogens is 2. The first-order valence-electron chi connectivity index (χ1n) is 3.55. The Hall–Kier alpha value is -1.40. The van der Waals surface area contributed by atoms with Crippen molar-refractivity contribution in [2.24, 2.45) is 0 Å². The summed E-state index contributed by atoms with van der Waals surface area (Å²) in [6, 6.07) is 7.24. The zero-order chi connectivity index (χ0) is 9.26. The van der Waals surface area contributed by atoms with E-state index in [1.807, 2.05) is 12.1 Å². The largest absolute Gasteiger partial charge is 0.754 e. The van der Waals surface area contributed by atoms with Gasteiger partial charge in [-0.2, -0.15) is 0 Å². The van der Waals surface area contributed by atoms with Crippen LogP contribution in [0.2, 0.25) is 0 Å². The summed E-state index contributed by atoms with van der Waals surface area (Å²) in [5, 5.41) is 0. The van der Waals surface area contributed by atoms with Gasteiger partial charge in [-0.05, 0) is 12.1 Å². The summed E-state index contributed by atoms with van der Waals surface area (Å²) < 4.78 is 22.0. The summed E-state index contributed by atoms with van der Waals surface area (Å²) >= 11 is -2.33. The second kappa shape index (κ2) is 3.15. The van der Waals surface area contributed by atoms with E-state index in [1.54, 1.807) is 12.1 Å². The second-order valence-corrected chi connectivity index (χ2v) is 3.08. The molecule has 0 aliphatic carbocycles. The van der Waals surface area contributed by atoms with Gasteiger partial charge in [0.25, 0.3) is 0 Å². The number of fused-ring (bicyclic) bond motifs is 1. The predicted molar refractivity (Wildman–Crippen MR) is 48.0 cm³/mol. The molecule has 1 aromatic heterocycles. The lowest BCUT2D eigenvalue weighted by molar-refractivity contribution is 0.537. The highest BCUT2D eigenvalue weighted by molar-refractivity contribution is 7.80. The van der Waals surface area contributed by atoms with Crippen LogP contribution in [0.4, 0.5) is 0 Å². The summed E-state index contributed by atoms with van der Waals surface area (Å²) in [6.07, 6.45) is 1.42. The Kier molecular flexibility index (Phi) is 1.99. The fourth-order valence-corrected chi connectivity index (χ4v) is 1.42. The molecule has 0 amide bonds. The maximum atomic E-state index is 10.4. The first-order valence-corrected chi connectivity index (χ1v) is 4.63. The Morgan fingerprint density at radius 1 is 1.46 bits per heavy atom. The number of imidazole rings is 1. The summed E-state index contributed by atoms with van der Waals surface area (Å²) in [5.74, 6) is 0. The fraction of sp³-hybridized carbons (Fsp3) is 0. The van der Waals surface area contributed by atoms with Gasteiger partial charge in [0.2, 0.25) is 0 Å². The molecule has 0 fully saturated rings. The van der Waals surface area contributed by atoms with Crippen LogP contribution in [0.5, 0.6) is 0 Å². The Bertz CT molecular complexity index is 454. The molecule has 2 rings (SSSR count). The zero-order valence-corrected chi connectivity index (χ0v) is 7.32. The monoisotopic (exact) mass is 196 g/mol. The molecule has 0 saturated heterocycles. The van der Waals surface area contributed by atoms with Crippen LogP contribution in [0.15, 0.2) is 30.6 Å². The smallest absolute Gasteiger partial charge is 0.116 e. The maximum Gasteiger partial charge on any atom is 0.116 e. The molecule has 1 aromatic carbocycles. The number of hydrogen-bond donors (Lipinski definition) is 1. The molecule has 68 valence electrons. The molecule has 5 nitrogen and oxygen atoms in total. The minimum Gasteiger partial charge on any atom is -0.754 e. The molecule has 1 unspecified atom stereocenters. The molecule has 0 saturated carbocycles. The van der Waals surface area contributed by atoms with Crippen molar-refractivity contribution in [1.82, 2.24) is 9.66 Å². The van der Waals surface area contributed by atoms with Gasteiger partial charge in [0, 0.05) is 0 Å². The molecule has 1 heterocycles. The van der Waals surface area contributed by atoms with Crippen LogP contribution >= 0.6 is 0 Å². The minimum absolute atomic E-state index is 0.728. The molecule has 0 radical (unpaired) electrons. The maximum absolute atomic E-state index is 10.4. The van der Waals surface area contributed by atoms with Crippen molar-refractivity contribution in [3.8, 4) is 0 Å². The molecule has 0 aliphatic rings. The third kappa shape index (κ3) is 1.53. The number of nitrogens with one attached hydrogen (secondary N) is 1. The highest BCUT2D eigenvalue weighted by Crippen LogP contribution is 2.09. The van der Waals surface area contributed by atoms with Gasteiger partial charge in [-0.1, -0.05) is 12.1 Å². The molecule has 1 atom stereocenters. The molecule has 2 aromatic rings. The van der Waals surface area contributed by atoms with E-state index in [0.717, 1.165) is 11.0 Å². The molecule has 0 aliphatic heterocycles. The van der Waals surface area contributed by atoms with Gasteiger partial charge in [-0.3, -0.25) is 9.04 Å². The Morgan fingerprint density at radius 2 is 2.23 bits per heavy atom. The van der Waals surface area contributed by atoms with Gasteiger partial charge in [0.1, 0.15) is 6.33 Å². The predicted octanol–water partition coefficient (Wildman–Crippen LogP) is 0.374. The molecule has 0 spiro atoms. The Labute approximate surface area is 76.8 Å². The molecule has 6 heteroatoms. The normalized spacial score (nSPS) is 13.0. The lowest BCUT2D eigenvalue weighted by Crippen LogP contribution is -2.15. The lowest BCUT2D eigenvalue weighted by Gasteiger charge is -2.09. The Balaban J connectivity index is 2.51. The number of hydrogen-bond acceptors (Lipinski definition) is 3. The van der Waals surface area contributed by atoms with Gasteiger partial charge in [0.15, 0.2) is 0 Å². The van der Waals surface area contributed by atoms with Crippen LogP contribution in [-0.2, 0) is 11.3 Å². The summed E-state index contributed by atoms with van der Waals surface area (Å²) in [7, 11) is 0. The number of benzene rings is 1. The zero-order valence-electron chi connectivity index (χ0n) is 6.51. The summed E-state index contributed by atoms with van der Waals surface area (Å²) in [4.78, 5) is 6.20. The van der Waals surface area contributed by atoms with E-state index in [2.05, 4.69) is 9.82 Å².